The molecule has 3 aromatic rings. The Morgan fingerprint density at radius 2 is 1.84 bits per heavy atom. The summed E-state index contributed by atoms with van der Waals surface area (Å²) in [6.45, 7) is 1.81. The van der Waals surface area contributed by atoms with E-state index in [1.54, 1.807) is 7.05 Å². The summed E-state index contributed by atoms with van der Waals surface area (Å²) in [4.78, 5) is 46.5. The minimum atomic E-state index is -0.396. The number of carbonyl (C=O) groups is 1. The third-order valence-electron chi connectivity index (χ3n) is 5.89. The molecule has 1 aliphatic rings. The molecule has 4 rings (SSSR count). The number of piperidine rings is 1. The number of nitrogens with zero attached hydrogens (tertiary/aromatic N) is 4. The van der Waals surface area contributed by atoms with E-state index >= 15 is 0 Å². The van der Waals surface area contributed by atoms with E-state index in [9.17, 15) is 14.4 Å². The van der Waals surface area contributed by atoms with Crippen molar-refractivity contribution < 1.29 is 9.53 Å². The van der Waals surface area contributed by atoms with E-state index in [0.29, 0.717) is 49.5 Å². The third kappa shape index (κ3) is 4.26. The van der Waals surface area contributed by atoms with Crippen molar-refractivity contribution in [1.29, 1.82) is 0 Å². The number of carbonyl (C=O) groups excluding carboxylic acids is 1. The van der Waals surface area contributed by atoms with Gasteiger partial charge in [-0.1, -0.05) is 18.2 Å². The molecule has 1 aliphatic heterocycles. The number of H-pyrrole nitrogens is 1. The summed E-state index contributed by atoms with van der Waals surface area (Å²) in [5.41, 5.74) is -0.0501. The monoisotopic (exact) mass is 425 g/mol. The molecule has 1 N–H and O–H groups in total. The number of para-hydroxylation sites is 1. The normalized spacial score (nSPS) is 14.8. The van der Waals surface area contributed by atoms with Crippen LogP contribution in [0.2, 0.25) is 0 Å². The third-order valence-corrected chi connectivity index (χ3v) is 5.89. The highest BCUT2D eigenvalue weighted by molar-refractivity contribution is 5.76. The molecular weight excluding hydrogens is 398 g/mol. The standard InChI is InChI=1S/C22H27N5O4/c1-25-20-18(21(29)26(2)22(25)30)23-19(24-20)15-10-12-27(13-11-15)17(28)9-6-14-31-16-7-4-3-5-8-16/h3-5,7-8,15H,6,9-14H2,1-2H3,(H,23,24). The molecule has 9 nitrogen and oxygen atoms in total. The molecule has 1 amide bonds. The Kier molecular flexibility index (Phi) is 5.92. The van der Waals surface area contributed by atoms with E-state index in [1.807, 2.05) is 35.2 Å². The second-order valence-corrected chi connectivity index (χ2v) is 7.95. The molecule has 0 saturated carbocycles. The number of ether oxygens (including phenoxy) is 1. The maximum absolute atomic E-state index is 12.5. The van der Waals surface area contributed by atoms with Gasteiger partial charge in [0.25, 0.3) is 5.56 Å². The van der Waals surface area contributed by atoms with E-state index < -0.39 is 5.69 Å². The van der Waals surface area contributed by atoms with Crippen LogP contribution in [-0.4, -0.2) is 49.6 Å². The number of fused-ring (bicyclic) bond motifs is 1. The highest BCUT2D eigenvalue weighted by Crippen LogP contribution is 2.27. The number of hydrogen-bond donors (Lipinski definition) is 1. The number of nitrogens with one attached hydrogen (secondary N) is 1. The molecule has 2 aromatic heterocycles. The van der Waals surface area contributed by atoms with Crippen LogP contribution in [0.1, 0.15) is 37.4 Å². The van der Waals surface area contributed by atoms with Gasteiger partial charge in [0.1, 0.15) is 17.1 Å². The molecule has 0 radical (unpaired) electrons. The molecule has 1 saturated heterocycles. The number of benzene rings is 1. The van der Waals surface area contributed by atoms with Gasteiger partial charge in [0.05, 0.1) is 6.61 Å². The first-order valence-electron chi connectivity index (χ1n) is 10.6. The number of aromatic amines is 1. The van der Waals surface area contributed by atoms with Crippen molar-refractivity contribution in [2.45, 2.75) is 31.6 Å². The Bertz CT molecular complexity index is 1190. The van der Waals surface area contributed by atoms with Gasteiger partial charge < -0.3 is 14.6 Å². The summed E-state index contributed by atoms with van der Waals surface area (Å²) in [5.74, 6) is 1.78. The number of amides is 1. The SMILES string of the molecule is Cn1c(=O)c2[nH]c(C3CCN(C(=O)CCCOc4ccccc4)CC3)nc2n(C)c1=O. The van der Waals surface area contributed by atoms with E-state index in [2.05, 4.69) is 9.97 Å². The molecule has 9 heteroatoms. The second kappa shape index (κ2) is 8.79. The van der Waals surface area contributed by atoms with Gasteiger partial charge in [0.15, 0.2) is 5.65 Å². The first-order chi connectivity index (χ1) is 15.0. The van der Waals surface area contributed by atoms with Gasteiger partial charge in [-0.05, 0) is 31.4 Å². The summed E-state index contributed by atoms with van der Waals surface area (Å²) in [5, 5.41) is 0. The predicted octanol–water partition coefficient (Wildman–Crippen LogP) is 1.53. The lowest BCUT2D eigenvalue weighted by atomic mass is 9.96. The van der Waals surface area contributed by atoms with Crippen LogP contribution in [-0.2, 0) is 18.9 Å². The fraction of sp³-hybridized carbons (Fsp3) is 0.455. The Hall–Kier alpha value is -3.36. The van der Waals surface area contributed by atoms with Crippen molar-refractivity contribution >= 4 is 17.1 Å². The van der Waals surface area contributed by atoms with Crippen molar-refractivity contribution in [2.24, 2.45) is 14.1 Å². The molecule has 0 atom stereocenters. The van der Waals surface area contributed by atoms with Crippen molar-refractivity contribution in [3.8, 4) is 5.75 Å². The molecule has 164 valence electrons. The minimum Gasteiger partial charge on any atom is -0.494 e. The summed E-state index contributed by atoms with van der Waals surface area (Å²) >= 11 is 0. The predicted molar refractivity (Wildman–Crippen MR) is 116 cm³/mol. The molecule has 0 bridgehead atoms. The number of aromatic nitrogens is 4. The Morgan fingerprint density at radius 3 is 2.55 bits per heavy atom. The quantitative estimate of drug-likeness (QED) is 0.604. The molecular formula is C22H27N5O4. The highest BCUT2D eigenvalue weighted by Gasteiger charge is 2.26. The fourth-order valence-electron chi connectivity index (χ4n) is 4.03. The van der Waals surface area contributed by atoms with Crippen molar-refractivity contribution in [1.82, 2.24) is 24.0 Å². The average Bonchev–Trinajstić information content (AvgIpc) is 3.25. The Balaban J connectivity index is 1.32. The van der Waals surface area contributed by atoms with E-state index in [0.717, 1.165) is 23.2 Å². The fourth-order valence-corrected chi connectivity index (χ4v) is 4.03. The van der Waals surface area contributed by atoms with Crippen LogP contribution in [0.4, 0.5) is 0 Å². The zero-order valence-corrected chi connectivity index (χ0v) is 17.8. The minimum absolute atomic E-state index is 0.123. The molecule has 31 heavy (non-hydrogen) atoms. The smallest absolute Gasteiger partial charge is 0.332 e. The zero-order chi connectivity index (χ0) is 22.0. The van der Waals surface area contributed by atoms with E-state index in [-0.39, 0.29) is 17.4 Å². The summed E-state index contributed by atoms with van der Waals surface area (Å²) in [6.07, 6.45) is 2.66. The number of rotatable bonds is 6. The molecule has 1 aromatic carbocycles. The Morgan fingerprint density at radius 1 is 1.13 bits per heavy atom. The van der Waals surface area contributed by atoms with Crippen LogP contribution in [0, 0.1) is 0 Å². The van der Waals surface area contributed by atoms with Gasteiger partial charge >= 0.3 is 5.69 Å². The van der Waals surface area contributed by atoms with Gasteiger partial charge in [0, 0.05) is 39.5 Å². The van der Waals surface area contributed by atoms with Gasteiger partial charge in [-0.25, -0.2) is 9.78 Å². The highest BCUT2D eigenvalue weighted by atomic mass is 16.5. The zero-order valence-electron chi connectivity index (χ0n) is 17.8. The summed E-state index contributed by atoms with van der Waals surface area (Å²) in [7, 11) is 3.07. The molecule has 0 unspecified atom stereocenters. The number of aryl methyl sites for hydroxylation is 1. The van der Waals surface area contributed by atoms with Crippen molar-refractivity contribution in [2.75, 3.05) is 19.7 Å². The number of likely N-dealkylation sites (tertiary alicyclic amines) is 1. The van der Waals surface area contributed by atoms with Gasteiger partial charge in [-0.2, -0.15) is 0 Å². The van der Waals surface area contributed by atoms with E-state index in [4.69, 9.17) is 4.74 Å². The van der Waals surface area contributed by atoms with Crippen molar-refractivity contribution in [3.63, 3.8) is 0 Å². The molecule has 3 heterocycles. The molecule has 0 aliphatic carbocycles. The lowest BCUT2D eigenvalue weighted by molar-refractivity contribution is -0.132. The molecule has 1 fully saturated rings. The van der Waals surface area contributed by atoms with Gasteiger partial charge in [-0.3, -0.25) is 18.7 Å². The second-order valence-electron chi connectivity index (χ2n) is 7.95. The first-order valence-corrected chi connectivity index (χ1v) is 10.6. The largest absolute Gasteiger partial charge is 0.494 e. The lowest BCUT2D eigenvalue weighted by Crippen LogP contribution is -2.38. The van der Waals surface area contributed by atoms with Gasteiger partial charge in [0.2, 0.25) is 5.91 Å². The van der Waals surface area contributed by atoms with E-state index in [1.165, 1.54) is 11.6 Å². The summed E-state index contributed by atoms with van der Waals surface area (Å²) in [6, 6.07) is 9.58. The Labute approximate surface area is 179 Å². The number of imidazole rings is 1. The van der Waals surface area contributed by atoms with Crippen molar-refractivity contribution in [3.05, 3.63) is 57.0 Å². The lowest BCUT2D eigenvalue weighted by Gasteiger charge is -2.31. The average molecular weight is 425 g/mol. The van der Waals surface area contributed by atoms with Crippen LogP contribution in [0.15, 0.2) is 39.9 Å². The number of hydrogen-bond acceptors (Lipinski definition) is 5. The van der Waals surface area contributed by atoms with Crippen LogP contribution >= 0.6 is 0 Å². The van der Waals surface area contributed by atoms with Gasteiger partial charge in [-0.15, -0.1) is 0 Å². The van der Waals surface area contributed by atoms with Crippen LogP contribution in [0.25, 0.3) is 11.2 Å². The van der Waals surface area contributed by atoms with Crippen LogP contribution < -0.4 is 16.0 Å². The first kappa shape index (κ1) is 20.9. The maximum atomic E-state index is 12.5. The van der Waals surface area contributed by atoms with Crippen LogP contribution in [0.5, 0.6) is 5.75 Å². The topological polar surface area (TPSA) is 102 Å². The maximum Gasteiger partial charge on any atom is 0.332 e. The summed E-state index contributed by atoms with van der Waals surface area (Å²) < 4.78 is 8.11. The van der Waals surface area contributed by atoms with Crippen LogP contribution in [0.3, 0.4) is 0 Å². The molecule has 0 spiro atoms.